The minimum Gasteiger partial charge on any atom is -0.494 e. The van der Waals surface area contributed by atoms with Crippen molar-refractivity contribution in [2.75, 3.05) is 6.61 Å². The molecular formula is C23H24N2O2S. The number of amides is 1. The first-order valence-corrected chi connectivity index (χ1v) is 10.1. The number of thiazole rings is 1. The van der Waals surface area contributed by atoms with Crippen molar-refractivity contribution in [3.63, 3.8) is 0 Å². The lowest BCUT2D eigenvalue weighted by molar-refractivity contribution is -0.117. The van der Waals surface area contributed by atoms with Crippen LogP contribution in [-0.4, -0.2) is 17.1 Å². The number of hydrogen-bond donors (Lipinski definition) is 0. The lowest BCUT2D eigenvalue weighted by Gasteiger charge is -2.09. The van der Waals surface area contributed by atoms with E-state index in [0.717, 1.165) is 32.7 Å². The van der Waals surface area contributed by atoms with E-state index in [1.54, 1.807) is 0 Å². The van der Waals surface area contributed by atoms with Crippen molar-refractivity contribution in [3.05, 3.63) is 57.4 Å². The van der Waals surface area contributed by atoms with Crippen molar-refractivity contribution < 1.29 is 9.53 Å². The molecule has 0 aliphatic heterocycles. The van der Waals surface area contributed by atoms with Gasteiger partial charge in [0.05, 0.1) is 29.8 Å². The molecule has 5 heteroatoms. The van der Waals surface area contributed by atoms with Gasteiger partial charge in [-0.2, -0.15) is 4.99 Å². The molecular weight excluding hydrogens is 368 g/mol. The van der Waals surface area contributed by atoms with Gasteiger partial charge in [0, 0.05) is 0 Å². The fourth-order valence-electron chi connectivity index (χ4n) is 3.43. The number of aryl methyl sites for hydroxylation is 3. The summed E-state index contributed by atoms with van der Waals surface area (Å²) in [5, 5.41) is 0. The lowest BCUT2D eigenvalue weighted by atomic mass is 9.97. The molecule has 144 valence electrons. The molecule has 0 aliphatic rings. The minimum atomic E-state index is -0.169. The van der Waals surface area contributed by atoms with E-state index in [0.29, 0.717) is 18.0 Å². The van der Waals surface area contributed by atoms with Gasteiger partial charge in [0.1, 0.15) is 5.75 Å². The molecule has 3 rings (SSSR count). The second kappa shape index (κ2) is 8.45. The van der Waals surface area contributed by atoms with Crippen LogP contribution in [0.25, 0.3) is 10.2 Å². The van der Waals surface area contributed by atoms with E-state index in [1.165, 1.54) is 16.9 Å². The maximum atomic E-state index is 12.7. The maximum absolute atomic E-state index is 12.7. The van der Waals surface area contributed by atoms with E-state index < -0.39 is 0 Å². The molecule has 28 heavy (non-hydrogen) atoms. The highest BCUT2D eigenvalue weighted by molar-refractivity contribution is 7.16. The highest BCUT2D eigenvalue weighted by atomic mass is 32.1. The molecule has 0 N–H and O–H groups in total. The van der Waals surface area contributed by atoms with Crippen LogP contribution in [0.2, 0.25) is 0 Å². The van der Waals surface area contributed by atoms with E-state index in [9.17, 15) is 4.79 Å². The third-order valence-corrected chi connectivity index (χ3v) is 5.64. The third-order valence-electron chi connectivity index (χ3n) is 4.60. The van der Waals surface area contributed by atoms with Gasteiger partial charge in [0.2, 0.25) is 0 Å². The summed E-state index contributed by atoms with van der Waals surface area (Å²) in [6, 6.07) is 10.0. The van der Waals surface area contributed by atoms with Gasteiger partial charge in [0.25, 0.3) is 5.91 Å². The first kappa shape index (κ1) is 19.9. The number of carbonyl (C=O) groups is 1. The Hall–Kier alpha value is -2.84. The zero-order valence-electron chi connectivity index (χ0n) is 16.7. The Morgan fingerprint density at radius 2 is 1.93 bits per heavy atom. The van der Waals surface area contributed by atoms with Crippen LogP contribution in [0.1, 0.15) is 29.2 Å². The summed E-state index contributed by atoms with van der Waals surface area (Å²) < 4.78 is 8.48. The van der Waals surface area contributed by atoms with Crippen LogP contribution in [0.5, 0.6) is 5.75 Å². The Bertz CT molecular complexity index is 1120. The SMILES string of the molecule is C#CCn1c(=NC(=O)Cc2c(C)cc(C)cc2C)sc2cc(OCC)ccc21. The Balaban J connectivity index is 2.01. The predicted molar refractivity (Wildman–Crippen MR) is 115 cm³/mol. The molecule has 0 aliphatic carbocycles. The predicted octanol–water partition coefficient (Wildman–Crippen LogP) is 4.33. The summed E-state index contributed by atoms with van der Waals surface area (Å²) in [6.07, 6.45) is 5.83. The summed E-state index contributed by atoms with van der Waals surface area (Å²) >= 11 is 1.45. The van der Waals surface area contributed by atoms with E-state index >= 15 is 0 Å². The molecule has 0 spiro atoms. The molecule has 0 unspecified atom stereocenters. The maximum Gasteiger partial charge on any atom is 0.252 e. The number of fused-ring (bicyclic) bond motifs is 1. The van der Waals surface area contributed by atoms with Crippen LogP contribution in [0, 0.1) is 33.1 Å². The highest BCUT2D eigenvalue weighted by Gasteiger charge is 2.11. The average Bonchev–Trinajstić information content (AvgIpc) is 2.95. The number of carbonyl (C=O) groups excluding carboxylic acids is 1. The van der Waals surface area contributed by atoms with Crippen molar-refractivity contribution in [2.24, 2.45) is 4.99 Å². The van der Waals surface area contributed by atoms with Crippen molar-refractivity contribution in [1.29, 1.82) is 0 Å². The second-order valence-electron chi connectivity index (χ2n) is 6.80. The van der Waals surface area contributed by atoms with Gasteiger partial charge in [-0.1, -0.05) is 35.0 Å². The Kier molecular flexibility index (Phi) is 6.01. The number of hydrogen-bond acceptors (Lipinski definition) is 3. The first-order valence-electron chi connectivity index (χ1n) is 9.27. The molecule has 0 saturated carbocycles. The molecule has 0 radical (unpaired) electrons. The van der Waals surface area contributed by atoms with Gasteiger partial charge in [-0.3, -0.25) is 4.79 Å². The smallest absolute Gasteiger partial charge is 0.252 e. The van der Waals surface area contributed by atoms with Crippen LogP contribution in [0.4, 0.5) is 0 Å². The molecule has 4 nitrogen and oxygen atoms in total. The van der Waals surface area contributed by atoms with Gasteiger partial charge in [-0.15, -0.1) is 6.42 Å². The van der Waals surface area contributed by atoms with E-state index in [4.69, 9.17) is 11.2 Å². The zero-order chi connectivity index (χ0) is 20.3. The number of terminal acetylenes is 1. The molecule has 1 amide bonds. The highest BCUT2D eigenvalue weighted by Crippen LogP contribution is 2.23. The third kappa shape index (κ3) is 4.18. The Labute approximate surface area is 169 Å². The van der Waals surface area contributed by atoms with Crippen LogP contribution < -0.4 is 9.54 Å². The summed E-state index contributed by atoms with van der Waals surface area (Å²) in [7, 11) is 0. The zero-order valence-corrected chi connectivity index (χ0v) is 17.5. The van der Waals surface area contributed by atoms with Crippen LogP contribution >= 0.6 is 11.3 Å². The molecule has 1 heterocycles. The minimum absolute atomic E-state index is 0.169. The van der Waals surface area contributed by atoms with Crippen LogP contribution in [0.15, 0.2) is 35.3 Å². The van der Waals surface area contributed by atoms with Crippen molar-refractivity contribution >= 4 is 27.5 Å². The number of ether oxygens (including phenoxy) is 1. The van der Waals surface area contributed by atoms with Crippen molar-refractivity contribution in [1.82, 2.24) is 4.57 Å². The Morgan fingerprint density at radius 1 is 1.21 bits per heavy atom. The number of rotatable bonds is 5. The van der Waals surface area contributed by atoms with Gasteiger partial charge < -0.3 is 9.30 Å². The monoisotopic (exact) mass is 392 g/mol. The molecule has 0 bridgehead atoms. The molecule has 0 saturated heterocycles. The summed E-state index contributed by atoms with van der Waals surface area (Å²) in [5.74, 6) is 3.29. The summed E-state index contributed by atoms with van der Waals surface area (Å²) in [4.78, 5) is 17.7. The van der Waals surface area contributed by atoms with Crippen LogP contribution in [0.3, 0.4) is 0 Å². The van der Waals surface area contributed by atoms with Gasteiger partial charge in [-0.05, 0) is 62.6 Å². The molecule has 0 atom stereocenters. The topological polar surface area (TPSA) is 43.6 Å². The van der Waals surface area contributed by atoms with Crippen molar-refractivity contribution in [3.8, 4) is 18.1 Å². The number of aromatic nitrogens is 1. The van der Waals surface area contributed by atoms with Crippen LogP contribution in [-0.2, 0) is 17.8 Å². The second-order valence-corrected chi connectivity index (χ2v) is 7.81. The van der Waals surface area contributed by atoms with Gasteiger partial charge in [-0.25, -0.2) is 0 Å². The van der Waals surface area contributed by atoms with E-state index in [1.807, 2.05) is 43.5 Å². The largest absolute Gasteiger partial charge is 0.494 e. The molecule has 3 aromatic rings. The molecule has 2 aromatic carbocycles. The molecule has 1 aromatic heterocycles. The van der Waals surface area contributed by atoms with Crippen molar-refractivity contribution in [2.45, 2.75) is 40.7 Å². The standard InChI is InChI=1S/C23H24N2O2S/c1-6-10-25-20-9-8-18(27-7-2)13-21(20)28-23(25)24-22(26)14-19-16(4)11-15(3)12-17(19)5/h1,8-9,11-13H,7,10,14H2,2-5H3. The van der Waals surface area contributed by atoms with E-state index in [2.05, 4.69) is 30.0 Å². The van der Waals surface area contributed by atoms with E-state index in [-0.39, 0.29) is 12.3 Å². The molecule has 0 fully saturated rings. The summed E-state index contributed by atoms with van der Waals surface area (Å²) in [5.41, 5.74) is 5.44. The normalized spacial score (nSPS) is 11.6. The number of nitrogens with zero attached hydrogens (tertiary/aromatic N) is 2. The quantitative estimate of drug-likeness (QED) is 0.607. The fraction of sp³-hybridized carbons (Fsp3) is 0.304. The van der Waals surface area contributed by atoms with Gasteiger partial charge >= 0.3 is 0 Å². The Morgan fingerprint density at radius 3 is 2.57 bits per heavy atom. The van der Waals surface area contributed by atoms with Gasteiger partial charge in [0.15, 0.2) is 4.80 Å². The first-order chi connectivity index (χ1) is 13.4. The number of benzene rings is 2. The fourth-order valence-corrected chi connectivity index (χ4v) is 4.50. The average molecular weight is 393 g/mol. The lowest BCUT2D eigenvalue weighted by Crippen LogP contribution is -2.17. The summed E-state index contributed by atoms with van der Waals surface area (Å²) in [6.45, 7) is 9.05.